The molecular weight excluding hydrogens is 669 g/mol. The number of hydrogen-bond acceptors (Lipinski definition) is 1. The summed E-state index contributed by atoms with van der Waals surface area (Å²) in [6.45, 7) is 4.87. The minimum Gasteiger partial charge on any atom is -0.135 e. The van der Waals surface area contributed by atoms with E-state index in [0.29, 0.717) is 0 Å². The highest BCUT2D eigenvalue weighted by Gasteiger charge is 2.40. The molecule has 0 unspecified atom stereocenters. The number of rotatable bonds is 3. The van der Waals surface area contributed by atoms with Crippen LogP contribution in [-0.4, -0.2) is 0 Å². The Morgan fingerprint density at radius 1 is 0.333 bits per heavy atom. The predicted octanol–water partition coefficient (Wildman–Crippen LogP) is 15.3. The Hall–Kier alpha value is -6.28. The standard InChI is InChI=1S/C53H34S/c1-53(2)43-29-34(33-25-27-46-41(28-33)35-18-11-12-23-45(35)54-46)24-26-38(43)50-39-21-13-22-40-49(39)42(30-44(50)53)52-48(32-16-7-4-8-17-32)37-20-10-9-19-36(37)47(51(40)52)31-14-5-3-6-15-31/h3-30H,1-2H3. The van der Waals surface area contributed by atoms with Crippen molar-refractivity contribution in [2.24, 2.45) is 0 Å². The summed E-state index contributed by atoms with van der Waals surface area (Å²) in [5, 5.41) is 8.01. The minimum atomic E-state index is -0.185. The van der Waals surface area contributed by atoms with Crippen molar-refractivity contribution in [1.82, 2.24) is 0 Å². The molecule has 54 heavy (non-hydrogen) atoms. The van der Waals surface area contributed by atoms with E-state index >= 15 is 0 Å². The second-order valence-electron chi connectivity index (χ2n) is 15.5. The number of thiophene rings is 1. The fourth-order valence-corrected chi connectivity index (χ4v) is 11.1. The topological polar surface area (TPSA) is 0 Å². The van der Waals surface area contributed by atoms with Crippen LogP contribution in [0.2, 0.25) is 0 Å². The molecule has 0 saturated carbocycles. The molecule has 0 atom stereocenters. The van der Waals surface area contributed by atoms with Gasteiger partial charge in [0.05, 0.1) is 0 Å². The smallest absolute Gasteiger partial charge is 0.0355 e. The number of hydrogen-bond donors (Lipinski definition) is 0. The van der Waals surface area contributed by atoms with E-state index < -0.39 is 0 Å². The summed E-state index contributed by atoms with van der Waals surface area (Å²) in [6.07, 6.45) is 0. The second kappa shape index (κ2) is 10.9. The molecule has 0 aliphatic heterocycles. The first-order chi connectivity index (χ1) is 26.6. The lowest BCUT2D eigenvalue weighted by Gasteiger charge is -2.24. The predicted molar refractivity (Wildman–Crippen MR) is 233 cm³/mol. The third-order valence-corrected chi connectivity index (χ3v) is 13.5. The van der Waals surface area contributed by atoms with Crippen LogP contribution in [-0.2, 0) is 5.41 Å². The van der Waals surface area contributed by atoms with Crippen molar-refractivity contribution in [3.8, 4) is 66.8 Å². The zero-order valence-corrected chi connectivity index (χ0v) is 30.9. The first-order valence-electron chi connectivity index (χ1n) is 18.9. The number of fused-ring (bicyclic) bond motifs is 11. The van der Waals surface area contributed by atoms with Crippen molar-refractivity contribution in [1.29, 1.82) is 0 Å². The first kappa shape index (κ1) is 30.2. The zero-order chi connectivity index (χ0) is 35.7. The highest BCUT2D eigenvalue weighted by Crippen LogP contribution is 2.62. The largest absolute Gasteiger partial charge is 0.135 e. The fourth-order valence-electron chi connectivity index (χ4n) is 9.97. The van der Waals surface area contributed by atoms with E-state index in [-0.39, 0.29) is 5.41 Å². The molecule has 0 saturated heterocycles. The van der Waals surface area contributed by atoms with Gasteiger partial charge in [-0.2, -0.15) is 0 Å². The summed E-state index contributed by atoms with van der Waals surface area (Å²) >= 11 is 1.88. The van der Waals surface area contributed by atoms with E-state index in [1.807, 2.05) is 11.3 Å². The van der Waals surface area contributed by atoms with Gasteiger partial charge < -0.3 is 0 Å². The molecule has 252 valence electrons. The van der Waals surface area contributed by atoms with Crippen LogP contribution in [0.1, 0.15) is 25.0 Å². The van der Waals surface area contributed by atoms with E-state index in [9.17, 15) is 0 Å². The Kier molecular flexibility index (Phi) is 6.09. The lowest BCUT2D eigenvalue weighted by atomic mass is 9.79. The Bertz CT molecular complexity index is 3220. The van der Waals surface area contributed by atoms with Crippen LogP contribution in [0.5, 0.6) is 0 Å². The van der Waals surface area contributed by atoms with Crippen LogP contribution in [0.3, 0.4) is 0 Å². The van der Waals surface area contributed by atoms with Crippen LogP contribution in [0.15, 0.2) is 170 Å². The summed E-state index contributed by atoms with van der Waals surface area (Å²) in [5.74, 6) is 0. The van der Waals surface area contributed by atoms with Gasteiger partial charge in [0.1, 0.15) is 0 Å². The van der Waals surface area contributed by atoms with E-state index in [2.05, 4.69) is 184 Å². The molecule has 1 aromatic heterocycles. The van der Waals surface area contributed by atoms with Crippen molar-refractivity contribution in [3.63, 3.8) is 0 Å². The lowest BCUT2D eigenvalue weighted by Crippen LogP contribution is -2.15. The van der Waals surface area contributed by atoms with Crippen LogP contribution in [0.25, 0.3) is 108 Å². The Labute approximate surface area is 318 Å². The summed E-state index contributed by atoms with van der Waals surface area (Å²) in [7, 11) is 0. The normalized spacial score (nSPS) is 13.5. The molecular formula is C53H34S. The lowest BCUT2D eigenvalue weighted by molar-refractivity contribution is 0.661. The summed E-state index contributed by atoms with van der Waals surface area (Å²) < 4.78 is 2.69. The average molecular weight is 703 g/mol. The highest BCUT2D eigenvalue weighted by atomic mass is 32.1. The Morgan fingerprint density at radius 3 is 1.63 bits per heavy atom. The molecule has 9 aromatic carbocycles. The molecule has 0 N–H and O–H groups in total. The molecule has 0 radical (unpaired) electrons. The molecule has 10 aromatic rings. The molecule has 1 heteroatoms. The van der Waals surface area contributed by atoms with Gasteiger partial charge in [0.2, 0.25) is 0 Å². The van der Waals surface area contributed by atoms with E-state index in [1.54, 1.807) is 0 Å². The van der Waals surface area contributed by atoms with Gasteiger partial charge in [-0.1, -0.05) is 153 Å². The highest BCUT2D eigenvalue weighted by molar-refractivity contribution is 7.25. The van der Waals surface area contributed by atoms with E-state index in [0.717, 1.165) is 0 Å². The second-order valence-corrected chi connectivity index (χ2v) is 16.6. The maximum Gasteiger partial charge on any atom is 0.0355 e. The summed E-state index contributed by atoms with van der Waals surface area (Å²) in [6, 6.07) is 63.8. The van der Waals surface area contributed by atoms with Crippen molar-refractivity contribution >= 4 is 53.1 Å². The molecule has 0 bridgehead atoms. The monoisotopic (exact) mass is 702 g/mol. The zero-order valence-electron chi connectivity index (χ0n) is 30.1. The molecule has 0 amide bonds. The molecule has 1 heterocycles. The van der Waals surface area contributed by atoms with Crippen LogP contribution in [0.4, 0.5) is 0 Å². The molecule has 0 nitrogen and oxygen atoms in total. The number of benzene rings is 9. The van der Waals surface area contributed by atoms with Crippen molar-refractivity contribution in [2.45, 2.75) is 19.3 Å². The maximum absolute atomic E-state index is 2.58. The molecule has 0 fully saturated rings. The minimum absolute atomic E-state index is 0.185. The molecule has 2 aliphatic carbocycles. The molecule has 0 spiro atoms. The van der Waals surface area contributed by atoms with Gasteiger partial charge in [-0.15, -0.1) is 11.3 Å². The van der Waals surface area contributed by atoms with Crippen molar-refractivity contribution in [2.75, 3.05) is 0 Å². The Morgan fingerprint density at radius 2 is 0.907 bits per heavy atom. The molecule has 2 aliphatic rings. The van der Waals surface area contributed by atoms with Crippen LogP contribution in [0, 0.1) is 0 Å². The summed E-state index contributed by atoms with van der Waals surface area (Å²) in [4.78, 5) is 0. The quantitative estimate of drug-likeness (QED) is 0.172. The van der Waals surface area contributed by atoms with Gasteiger partial charge in [-0.25, -0.2) is 0 Å². The third kappa shape index (κ3) is 3.97. The van der Waals surface area contributed by atoms with Crippen LogP contribution >= 0.6 is 11.3 Å². The van der Waals surface area contributed by atoms with Crippen molar-refractivity contribution in [3.05, 3.63) is 181 Å². The SMILES string of the molecule is CC1(C)c2cc(-c3ccc4sc5ccccc5c4c3)ccc2-c2c1cc1c3c(cccc23)-c2c-1c(-c1ccccc1)c1ccccc1c2-c1ccccc1. The average Bonchev–Trinajstić information content (AvgIpc) is 3.83. The van der Waals surface area contributed by atoms with E-state index in [1.165, 1.54) is 120 Å². The van der Waals surface area contributed by atoms with Crippen molar-refractivity contribution < 1.29 is 0 Å². The Balaban J connectivity index is 1.14. The van der Waals surface area contributed by atoms with Crippen LogP contribution < -0.4 is 0 Å². The molecule has 12 rings (SSSR count). The summed E-state index contributed by atoms with van der Waals surface area (Å²) in [5.41, 5.74) is 18.5. The van der Waals surface area contributed by atoms with Gasteiger partial charge in [0, 0.05) is 25.6 Å². The maximum atomic E-state index is 2.58. The third-order valence-electron chi connectivity index (χ3n) is 12.4. The fraction of sp³-hybridized carbons (Fsp3) is 0.0566. The van der Waals surface area contributed by atoms with E-state index in [4.69, 9.17) is 0 Å². The van der Waals surface area contributed by atoms with Gasteiger partial charge in [0.25, 0.3) is 0 Å². The van der Waals surface area contributed by atoms with Gasteiger partial charge in [-0.05, 0) is 130 Å². The van der Waals surface area contributed by atoms with Gasteiger partial charge >= 0.3 is 0 Å². The first-order valence-corrected chi connectivity index (χ1v) is 19.7. The van der Waals surface area contributed by atoms with Gasteiger partial charge in [-0.3, -0.25) is 0 Å². The van der Waals surface area contributed by atoms with Gasteiger partial charge in [0.15, 0.2) is 0 Å².